The van der Waals surface area contributed by atoms with Gasteiger partial charge in [-0.25, -0.2) is 8.42 Å². The molecule has 1 unspecified atom stereocenters. The first-order valence-corrected chi connectivity index (χ1v) is 16.7. The Morgan fingerprint density at radius 2 is 1.74 bits per heavy atom. The monoisotopic (exact) mass is 672 g/mol. The molecule has 3 aromatic carbocycles. The van der Waals surface area contributed by atoms with Crippen LogP contribution in [0.1, 0.15) is 39.5 Å². The SMILES string of the molecule is CCc1cn2c3c(cc(C(=O)NC(Cc4ccccc4)[C@H](O)CNCc4cccc(C(F)(F)F)c4)cc13)N(CC(=O)O)S(=O)(=O)CC2. The number of halogens is 3. The van der Waals surface area contributed by atoms with Crippen LogP contribution >= 0.6 is 0 Å². The van der Waals surface area contributed by atoms with Gasteiger partial charge in [0.25, 0.3) is 5.91 Å². The molecule has 4 N–H and O–H groups in total. The number of aliphatic carboxylic acids is 1. The largest absolute Gasteiger partial charge is 0.480 e. The molecule has 2 heterocycles. The molecule has 0 saturated heterocycles. The summed E-state index contributed by atoms with van der Waals surface area (Å²) in [5, 5.41) is 27.2. The number of aliphatic hydroxyl groups excluding tert-OH is 1. The topological polar surface area (TPSA) is 141 Å². The fourth-order valence-corrected chi connectivity index (χ4v) is 7.21. The molecule has 47 heavy (non-hydrogen) atoms. The normalized spacial score (nSPS) is 15.6. The number of alkyl halides is 3. The third-order valence-electron chi connectivity index (χ3n) is 8.17. The molecule has 0 bridgehead atoms. The second-order valence-corrected chi connectivity index (χ2v) is 13.5. The van der Waals surface area contributed by atoms with Gasteiger partial charge in [0.05, 0.1) is 34.7 Å². The van der Waals surface area contributed by atoms with E-state index in [9.17, 15) is 41.4 Å². The number of benzene rings is 3. The van der Waals surface area contributed by atoms with E-state index in [1.54, 1.807) is 10.6 Å². The van der Waals surface area contributed by atoms with E-state index in [2.05, 4.69) is 10.6 Å². The first kappa shape index (κ1) is 33.9. The van der Waals surface area contributed by atoms with Crippen molar-refractivity contribution in [1.29, 1.82) is 0 Å². The first-order valence-electron chi connectivity index (χ1n) is 15.0. The minimum Gasteiger partial charge on any atom is -0.480 e. The van der Waals surface area contributed by atoms with Crippen LogP contribution in [0.15, 0.2) is 72.9 Å². The van der Waals surface area contributed by atoms with Gasteiger partial charge < -0.3 is 25.4 Å². The molecule has 0 aliphatic carbocycles. The van der Waals surface area contributed by atoms with Crippen LogP contribution < -0.4 is 14.9 Å². The lowest BCUT2D eigenvalue weighted by molar-refractivity contribution is -0.137. The van der Waals surface area contributed by atoms with E-state index >= 15 is 0 Å². The van der Waals surface area contributed by atoms with E-state index in [0.29, 0.717) is 22.9 Å². The number of hydrogen-bond acceptors (Lipinski definition) is 6. The van der Waals surface area contributed by atoms with Gasteiger partial charge in [-0.1, -0.05) is 55.5 Å². The van der Waals surface area contributed by atoms with Crippen LogP contribution in [-0.2, 0) is 46.9 Å². The maximum Gasteiger partial charge on any atom is 0.416 e. The van der Waals surface area contributed by atoms with E-state index in [4.69, 9.17) is 0 Å². The van der Waals surface area contributed by atoms with Gasteiger partial charge in [-0.3, -0.25) is 13.9 Å². The summed E-state index contributed by atoms with van der Waals surface area (Å²) in [5.41, 5.74) is 1.92. The quantitative estimate of drug-likeness (QED) is 0.179. The van der Waals surface area contributed by atoms with E-state index in [-0.39, 0.29) is 43.1 Å². The number of nitrogens with one attached hydrogen (secondary N) is 2. The van der Waals surface area contributed by atoms with Gasteiger partial charge in [-0.15, -0.1) is 0 Å². The number of carbonyl (C=O) groups excluding carboxylic acids is 1. The second kappa shape index (κ2) is 13.8. The van der Waals surface area contributed by atoms with Crippen molar-refractivity contribution >= 4 is 38.5 Å². The number of sulfonamides is 1. The molecule has 14 heteroatoms. The third kappa shape index (κ3) is 7.77. The summed E-state index contributed by atoms with van der Waals surface area (Å²) in [6.07, 6.45) is -3.06. The summed E-state index contributed by atoms with van der Waals surface area (Å²) in [6, 6.07) is 16.1. The van der Waals surface area contributed by atoms with Gasteiger partial charge in [0.2, 0.25) is 10.0 Å². The van der Waals surface area contributed by atoms with Gasteiger partial charge in [0.1, 0.15) is 6.54 Å². The van der Waals surface area contributed by atoms with E-state index < -0.39 is 52.3 Å². The molecule has 10 nitrogen and oxygen atoms in total. The predicted octanol–water partition coefficient (Wildman–Crippen LogP) is 3.95. The number of aliphatic hydroxyl groups is 1. The number of aryl methyl sites for hydroxylation is 2. The highest BCUT2D eigenvalue weighted by Gasteiger charge is 2.33. The minimum absolute atomic E-state index is 0.0394. The Morgan fingerprint density at radius 3 is 2.43 bits per heavy atom. The number of amides is 1. The van der Waals surface area contributed by atoms with E-state index in [0.717, 1.165) is 27.6 Å². The molecule has 4 aromatic rings. The van der Waals surface area contributed by atoms with Crippen LogP contribution in [0.25, 0.3) is 10.9 Å². The van der Waals surface area contributed by atoms with Gasteiger partial charge >= 0.3 is 12.1 Å². The van der Waals surface area contributed by atoms with Crippen molar-refractivity contribution in [3.05, 3.63) is 101 Å². The Labute approximate surface area is 269 Å². The first-order chi connectivity index (χ1) is 22.3. The summed E-state index contributed by atoms with van der Waals surface area (Å²) in [4.78, 5) is 25.6. The second-order valence-electron chi connectivity index (χ2n) is 11.5. The van der Waals surface area contributed by atoms with Crippen molar-refractivity contribution in [2.45, 2.75) is 51.2 Å². The van der Waals surface area contributed by atoms with Gasteiger partial charge in [0.15, 0.2) is 0 Å². The molecule has 2 atom stereocenters. The standard InChI is InChI=1S/C33H35F3N4O6S/c1-2-23-19-39-11-12-47(45,46)40(20-30(42)43)28-16-24(15-26(23)31(28)39)32(44)38-27(14-21-7-4-3-5-8-21)29(41)18-37-17-22-9-6-10-25(13-22)33(34,35)36/h3-10,13,15-16,19,27,29,37,41H,2,11-12,14,17-18,20H2,1H3,(H,38,44)(H,42,43)/t27?,29-/m1/s1. The van der Waals surface area contributed by atoms with Crippen LogP contribution in [-0.4, -0.2) is 66.1 Å². The minimum atomic E-state index is -4.49. The lowest BCUT2D eigenvalue weighted by atomic mass is 9.99. The van der Waals surface area contributed by atoms with Crippen LogP contribution in [0.4, 0.5) is 18.9 Å². The van der Waals surface area contributed by atoms with Crippen molar-refractivity contribution in [3.63, 3.8) is 0 Å². The zero-order valence-electron chi connectivity index (χ0n) is 25.5. The zero-order valence-corrected chi connectivity index (χ0v) is 26.3. The van der Waals surface area contributed by atoms with Crippen LogP contribution in [0, 0.1) is 0 Å². The summed E-state index contributed by atoms with van der Waals surface area (Å²) in [5.74, 6) is -2.29. The summed E-state index contributed by atoms with van der Waals surface area (Å²) in [7, 11) is -4.03. The van der Waals surface area contributed by atoms with Crippen LogP contribution in [0.3, 0.4) is 0 Å². The molecular weight excluding hydrogens is 637 g/mol. The Kier molecular flexibility index (Phi) is 9.94. The van der Waals surface area contributed by atoms with Gasteiger partial charge in [-0.2, -0.15) is 13.2 Å². The highest BCUT2D eigenvalue weighted by atomic mass is 32.2. The Bertz CT molecular complexity index is 1880. The number of anilines is 1. The molecule has 1 amide bonds. The maximum absolute atomic E-state index is 13.8. The predicted molar refractivity (Wildman–Crippen MR) is 171 cm³/mol. The van der Waals surface area contributed by atoms with Crippen molar-refractivity contribution < 1.29 is 41.4 Å². The maximum atomic E-state index is 13.8. The van der Waals surface area contributed by atoms with Crippen LogP contribution in [0.5, 0.6) is 0 Å². The van der Waals surface area contributed by atoms with Crippen molar-refractivity contribution in [2.24, 2.45) is 0 Å². The average Bonchev–Trinajstić information content (AvgIpc) is 3.35. The average molecular weight is 673 g/mol. The smallest absolute Gasteiger partial charge is 0.416 e. The molecule has 0 saturated carbocycles. The van der Waals surface area contributed by atoms with E-state index in [1.807, 2.05) is 43.5 Å². The molecule has 1 aliphatic heterocycles. The van der Waals surface area contributed by atoms with Crippen LogP contribution in [0.2, 0.25) is 0 Å². The molecule has 0 spiro atoms. The lowest BCUT2D eigenvalue weighted by Gasteiger charge is -2.26. The fourth-order valence-electron chi connectivity index (χ4n) is 5.81. The molecule has 0 radical (unpaired) electrons. The Morgan fingerprint density at radius 1 is 1.02 bits per heavy atom. The number of hydrogen-bond donors (Lipinski definition) is 4. The highest BCUT2D eigenvalue weighted by Crippen LogP contribution is 2.36. The molecule has 1 aliphatic rings. The molecule has 250 valence electrons. The molecule has 5 rings (SSSR count). The van der Waals surface area contributed by atoms with Crippen molar-refractivity contribution in [2.75, 3.05) is 23.1 Å². The fraction of sp³-hybridized carbons (Fsp3) is 0.333. The zero-order chi connectivity index (χ0) is 33.9. The summed E-state index contributed by atoms with van der Waals surface area (Å²) >= 11 is 0. The van der Waals surface area contributed by atoms with Crippen molar-refractivity contribution in [3.8, 4) is 0 Å². The highest BCUT2D eigenvalue weighted by molar-refractivity contribution is 7.92. The van der Waals surface area contributed by atoms with Gasteiger partial charge in [0, 0.05) is 36.8 Å². The summed E-state index contributed by atoms with van der Waals surface area (Å²) in [6.45, 7) is 1.19. The number of rotatable bonds is 12. The Balaban J connectivity index is 1.43. The number of carbonyl (C=O) groups is 2. The number of nitrogens with zero attached hydrogens (tertiary/aromatic N) is 2. The number of aromatic nitrogens is 1. The molecular formula is C33H35F3N4O6S. The summed E-state index contributed by atoms with van der Waals surface area (Å²) < 4.78 is 68.4. The van der Waals surface area contributed by atoms with Crippen molar-refractivity contribution in [1.82, 2.24) is 15.2 Å². The van der Waals surface area contributed by atoms with Gasteiger partial charge in [-0.05, 0) is 47.7 Å². The Hall–Kier alpha value is -4.40. The lowest BCUT2D eigenvalue weighted by Crippen LogP contribution is -2.48. The third-order valence-corrected chi connectivity index (χ3v) is 9.86. The molecule has 1 aromatic heterocycles. The number of carboxylic acid groups (broad SMARTS) is 1. The number of carboxylic acids is 1. The van der Waals surface area contributed by atoms with E-state index in [1.165, 1.54) is 18.2 Å². The molecule has 0 fully saturated rings.